The molecule has 0 spiro atoms. The van der Waals surface area contributed by atoms with Crippen LogP contribution in [0.5, 0.6) is 5.75 Å². The molecule has 212 valence electrons. The van der Waals surface area contributed by atoms with Crippen LogP contribution >= 0.6 is 23.2 Å². The van der Waals surface area contributed by atoms with E-state index in [0.29, 0.717) is 36.0 Å². The number of nitrogens with zero attached hydrogens (tertiary/aromatic N) is 4. The molecule has 2 heterocycles. The van der Waals surface area contributed by atoms with Gasteiger partial charge >= 0.3 is 6.09 Å². The number of fused-ring (bicyclic) bond motifs is 1. The minimum Gasteiger partial charge on any atom is -0.494 e. The van der Waals surface area contributed by atoms with Gasteiger partial charge in [-0.3, -0.25) is 14.6 Å². The van der Waals surface area contributed by atoms with Crippen molar-refractivity contribution in [2.24, 2.45) is 0 Å². The van der Waals surface area contributed by atoms with Crippen molar-refractivity contribution in [2.45, 2.75) is 32.6 Å². The lowest BCUT2D eigenvalue weighted by molar-refractivity contribution is -0.815. The van der Waals surface area contributed by atoms with Gasteiger partial charge in [0.25, 0.3) is 0 Å². The largest absolute Gasteiger partial charge is 0.517 e. The van der Waals surface area contributed by atoms with E-state index in [1.165, 1.54) is 0 Å². The third-order valence-corrected chi connectivity index (χ3v) is 8.45. The summed E-state index contributed by atoms with van der Waals surface area (Å²) in [4.78, 5) is 31.4. The van der Waals surface area contributed by atoms with Gasteiger partial charge in [-0.1, -0.05) is 35.3 Å². The summed E-state index contributed by atoms with van der Waals surface area (Å²) in [5.74, 6) is 0.670. The highest BCUT2D eigenvalue weighted by Gasteiger charge is 2.30. The Labute approximate surface area is 241 Å². The molecule has 39 heavy (non-hydrogen) atoms. The first-order chi connectivity index (χ1) is 18.7. The number of amides is 2. The molecule has 2 aromatic rings. The molecule has 8 nitrogen and oxygen atoms in total. The van der Waals surface area contributed by atoms with E-state index in [9.17, 15) is 9.59 Å². The highest BCUT2D eigenvalue weighted by atomic mass is 35.5. The van der Waals surface area contributed by atoms with Gasteiger partial charge in [0.15, 0.2) is 6.73 Å². The first-order valence-corrected chi connectivity index (χ1v) is 14.4. The van der Waals surface area contributed by atoms with Gasteiger partial charge in [0.2, 0.25) is 5.91 Å². The molecule has 10 heteroatoms. The molecule has 2 aliphatic rings. The number of aryl methyl sites for hydroxylation is 1. The summed E-state index contributed by atoms with van der Waals surface area (Å²) in [6, 6.07) is 11.6. The number of unbranched alkanes of at least 4 members (excludes halogenated alkanes) is 1. The molecule has 0 aromatic heterocycles. The van der Waals surface area contributed by atoms with Crippen LogP contribution in [0.15, 0.2) is 36.4 Å². The second kappa shape index (κ2) is 13.2. The van der Waals surface area contributed by atoms with Gasteiger partial charge in [-0.05, 0) is 56.5 Å². The summed E-state index contributed by atoms with van der Waals surface area (Å²) in [6.45, 7) is 7.87. The minimum atomic E-state index is -0.362. The van der Waals surface area contributed by atoms with Crippen LogP contribution in [-0.4, -0.2) is 88.1 Å². The van der Waals surface area contributed by atoms with Gasteiger partial charge in [-0.15, -0.1) is 0 Å². The Morgan fingerprint density at radius 1 is 1.00 bits per heavy atom. The van der Waals surface area contributed by atoms with E-state index in [1.807, 2.05) is 43.3 Å². The lowest BCUT2D eigenvalue weighted by atomic mass is 10.0. The lowest BCUT2D eigenvalue weighted by Gasteiger charge is -2.36. The molecule has 1 fully saturated rings. The number of hydrogen-bond acceptors (Lipinski definition) is 6. The van der Waals surface area contributed by atoms with E-state index in [-0.39, 0.29) is 23.2 Å². The maximum absolute atomic E-state index is 12.7. The number of piperazine rings is 1. The standard InChI is InChI=1S/C29H39Cl2N4O4/c1-4-35(2,3)29(37)39-21-34-26-20-23(12-10-22(26)11-13-27(34)36)38-19-6-5-14-32-15-17-33(18-16-32)25-9-7-8-24(30)28(25)31/h7-10,12,20H,4-6,11,13-19,21H2,1-3H3/q+1. The highest BCUT2D eigenvalue weighted by Crippen LogP contribution is 2.33. The molecular weight excluding hydrogens is 539 g/mol. The zero-order valence-electron chi connectivity index (χ0n) is 23.1. The molecule has 0 unspecified atom stereocenters. The summed E-state index contributed by atoms with van der Waals surface area (Å²) in [5.41, 5.74) is 2.82. The average Bonchev–Trinajstić information content (AvgIpc) is 2.94. The zero-order chi connectivity index (χ0) is 28.0. The van der Waals surface area contributed by atoms with Crippen LogP contribution in [0.3, 0.4) is 0 Å². The SMILES string of the molecule is CC[N+](C)(C)C(=O)OCN1C(=O)CCc2ccc(OCCCCN3CCN(c4cccc(Cl)c4Cl)CC3)cc21. The summed E-state index contributed by atoms with van der Waals surface area (Å²) < 4.78 is 11.6. The van der Waals surface area contributed by atoms with Crippen LogP contribution in [0.4, 0.5) is 16.2 Å². The number of carbonyl (C=O) groups excluding carboxylic acids is 2. The Morgan fingerprint density at radius 2 is 1.77 bits per heavy atom. The van der Waals surface area contributed by atoms with Crippen molar-refractivity contribution in [2.75, 3.05) is 76.5 Å². The van der Waals surface area contributed by atoms with Crippen LogP contribution in [0.1, 0.15) is 31.7 Å². The first-order valence-electron chi connectivity index (χ1n) is 13.7. The van der Waals surface area contributed by atoms with Crippen molar-refractivity contribution in [1.29, 1.82) is 0 Å². The number of carbonyl (C=O) groups is 2. The Morgan fingerprint density at radius 3 is 2.51 bits per heavy atom. The van der Waals surface area contributed by atoms with E-state index in [2.05, 4.69) is 9.80 Å². The Kier molecular flexibility index (Phi) is 9.99. The fourth-order valence-electron chi connectivity index (χ4n) is 4.75. The van der Waals surface area contributed by atoms with E-state index in [0.717, 1.165) is 68.3 Å². The second-order valence-electron chi connectivity index (χ2n) is 10.6. The molecule has 2 aliphatic heterocycles. The number of halogens is 2. The lowest BCUT2D eigenvalue weighted by Crippen LogP contribution is -2.47. The van der Waals surface area contributed by atoms with Gasteiger partial charge in [0, 0.05) is 38.7 Å². The Hall–Kier alpha value is -2.52. The molecular formula is C29H39Cl2N4O4+. The average molecular weight is 579 g/mol. The van der Waals surface area contributed by atoms with Gasteiger partial charge in [-0.25, -0.2) is 4.48 Å². The van der Waals surface area contributed by atoms with Crippen molar-refractivity contribution in [1.82, 2.24) is 4.90 Å². The van der Waals surface area contributed by atoms with Gasteiger partial charge < -0.3 is 14.4 Å². The first kappa shape index (κ1) is 29.5. The van der Waals surface area contributed by atoms with Crippen molar-refractivity contribution in [3.8, 4) is 5.75 Å². The third-order valence-electron chi connectivity index (χ3n) is 7.64. The third kappa shape index (κ3) is 7.37. The van der Waals surface area contributed by atoms with Crippen LogP contribution in [0.2, 0.25) is 10.0 Å². The maximum Gasteiger partial charge on any atom is 0.517 e. The maximum atomic E-state index is 12.7. The van der Waals surface area contributed by atoms with Crippen molar-refractivity contribution >= 4 is 46.6 Å². The predicted molar refractivity (Wildman–Crippen MR) is 156 cm³/mol. The molecule has 0 N–H and O–H groups in total. The summed E-state index contributed by atoms with van der Waals surface area (Å²) in [5, 5.41) is 1.22. The molecule has 0 bridgehead atoms. The topological polar surface area (TPSA) is 62.3 Å². The van der Waals surface area contributed by atoms with Gasteiger partial charge in [-0.2, -0.15) is 4.79 Å². The molecule has 0 atom stereocenters. The van der Waals surface area contributed by atoms with Crippen LogP contribution in [0.25, 0.3) is 0 Å². The number of benzene rings is 2. The predicted octanol–water partition coefficient (Wildman–Crippen LogP) is 5.44. The number of quaternary nitrogens is 1. The molecule has 0 radical (unpaired) electrons. The van der Waals surface area contributed by atoms with E-state index in [4.69, 9.17) is 32.7 Å². The minimum absolute atomic E-state index is 0.0491. The van der Waals surface area contributed by atoms with Crippen molar-refractivity contribution in [3.63, 3.8) is 0 Å². The van der Waals surface area contributed by atoms with Crippen molar-refractivity contribution in [3.05, 3.63) is 52.0 Å². The molecule has 0 saturated carbocycles. The van der Waals surface area contributed by atoms with E-state index < -0.39 is 0 Å². The molecule has 2 aromatic carbocycles. The molecule has 2 amide bonds. The molecule has 4 rings (SSSR count). The Bertz CT molecular complexity index is 1170. The van der Waals surface area contributed by atoms with Crippen LogP contribution in [-0.2, 0) is 16.0 Å². The number of rotatable bonds is 10. The smallest absolute Gasteiger partial charge is 0.494 e. The quantitative estimate of drug-likeness (QED) is 0.276. The van der Waals surface area contributed by atoms with Crippen LogP contribution in [0, 0.1) is 0 Å². The van der Waals surface area contributed by atoms with Crippen LogP contribution < -0.4 is 14.5 Å². The van der Waals surface area contributed by atoms with Gasteiger partial charge in [0.05, 0.1) is 48.7 Å². The highest BCUT2D eigenvalue weighted by molar-refractivity contribution is 6.43. The monoisotopic (exact) mass is 577 g/mol. The number of ether oxygens (including phenoxy) is 2. The normalized spacial score (nSPS) is 16.3. The number of hydrogen-bond donors (Lipinski definition) is 0. The summed E-state index contributed by atoms with van der Waals surface area (Å²) in [7, 11) is 3.58. The van der Waals surface area contributed by atoms with E-state index in [1.54, 1.807) is 19.0 Å². The second-order valence-corrected chi connectivity index (χ2v) is 11.4. The fourth-order valence-corrected chi connectivity index (χ4v) is 5.16. The Balaban J connectivity index is 1.22. The summed E-state index contributed by atoms with van der Waals surface area (Å²) >= 11 is 12.6. The number of anilines is 2. The summed E-state index contributed by atoms with van der Waals surface area (Å²) in [6.07, 6.45) is 2.68. The van der Waals surface area contributed by atoms with Crippen molar-refractivity contribution < 1.29 is 23.5 Å². The fraction of sp³-hybridized carbons (Fsp3) is 0.517. The molecule has 1 saturated heterocycles. The molecule has 0 aliphatic carbocycles. The zero-order valence-corrected chi connectivity index (χ0v) is 24.6. The van der Waals surface area contributed by atoms with E-state index >= 15 is 0 Å². The van der Waals surface area contributed by atoms with Gasteiger partial charge in [0.1, 0.15) is 5.75 Å².